The summed E-state index contributed by atoms with van der Waals surface area (Å²) in [5.74, 6) is -0.751. The molecule has 1 aromatic heterocycles. The second kappa shape index (κ2) is 7.48. The normalized spacial score (nSPS) is 13.4. The summed E-state index contributed by atoms with van der Waals surface area (Å²) in [4.78, 5) is 26.8. The minimum Gasteiger partial charge on any atom is -0.467 e. The standard InChI is InChI=1S/C13H19N3O3/c1-9(11-6-4-5-7-14-11)15-8-12(13(18)19-3)16-10(2)17/h4-7,9,12,15H,8H2,1-3H3,(H,16,17)/t9-,12?/m1/s1. The van der Waals surface area contributed by atoms with Gasteiger partial charge in [0.2, 0.25) is 5.91 Å². The SMILES string of the molecule is COC(=O)C(CN[C@H](C)c1ccccn1)NC(C)=O. The fourth-order valence-corrected chi connectivity index (χ4v) is 1.61. The maximum absolute atomic E-state index is 11.5. The predicted molar refractivity (Wildman–Crippen MR) is 70.3 cm³/mol. The van der Waals surface area contributed by atoms with Crippen LogP contribution in [0.1, 0.15) is 25.6 Å². The molecule has 1 rings (SSSR count). The highest BCUT2D eigenvalue weighted by molar-refractivity contribution is 5.83. The minimum atomic E-state index is -0.700. The van der Waals surface area contributed by atoms with Crippen LogP contribution in [-0.4, -0.2) is 36.6 Å². The van der Waals surface area contributed by atoms with Gasteiger partial charge >= 0.3 is 5.97 Å². The number of carbonyl (C=O) groups is 2. The lowest BCUT2D eigenvalue weighted by molar-refractivity contribution is -0.144. The van der Waals surface area contributed by atoms with E-state index in [2.05, 4.69) is 20.4 Å². The molecule has 1 unspecified atom stereocenters. The number of amides is 1. The van der Waals surface area contributed by atoms with Gasteiger partial charge in [-0.3, -0.25) is 9.78 Å². The van der Waals surface area contributed by atoms with Crippen molar-refractivity contribution in [2.45, 2.75) is 25.9 Å². The van der Waals surface area contributed by atoms with E-state index in [1.54, 1.807) is 6.20 Å². The number of nitrogens with one attached hydrogen (secondary N) is 2. The van der Waals surface area contributed by atoms with Crippen LogP contribution in [0.15, 0.2) is 24.4 Å². The van der Waals surface area contributed by atoms with Gasteiger partial charge < -0.3 is 15.4 Å². The fraction of sp³-hybridized carbons (Fsp3) is 0.462. The van der Waals surface area contributed by atoms with Gasteiger partial charge in [0, 0.05) is 25.7 Å². The number of carbonyl (C=O) groups excluding carboxylic acids is 2. The van der Waals surface area contributed by atoms with Gasteiger partial charge in [0.25, 0.3) is 0 Å². The van der Waals surface area contributed by atoms with Crippen LogP contribution in [-0.2, 0) is 14.3 Å². The molecule has 2 N–H and O–H groups in total. The molecule has 0 saturated carbocycles. The van der Waals surface area contributed by atoms with Crippen LogP contribution in [0.3, 0.4) is 0 Å². The van der Waals surface area contributed by atoms with Gasteiger partial charge in [0.1, 0.15) is 6.04 Å². The maximum Gasteiger partial charge on any atom is 0.329 e. The first-order valence-corrected chi connectivity index (χ1v) is 6.03. The third kappa shape index (κ3) is 5.05. The number of methoxy groups -OCH3 is 1. The molecule has 0 spiro atoms. The first-order chi connectivity index (χ1) is 9.04. The third-order valence-electron chi connectivity index (χ3n) is 2.62. The van der Waals surface area contributed by atoms with E-state index in [0.29, 0.717) is 0 Å². The maximum atomic E-state index is 11.5. The number of hydrogen-bond acceptors (Lipinski definition) is 5. The Hall–Kier alpha value is -1.95. The third-order valence-corrected chi connectivity index (χ3v) is 2.62. The molecule has 1 amide bonds. The number of hydrogen-bond donors (Lipinski definition) is 2. The van der Waals surface area contributed by atoms with Crippen molar-refractivity contribution in [2.75, 3.05) is 13.7 Å². The summed E-state index contributed by atoms with van der Waals surface area (Å²) in [6.45, 7) is 3.58. The number of nitrogens with zero attached hydrogens (tertiary/aromatic N) is 1. The van der Waals surface area contributed by atoms with Crippen molar-refractivity contribution < 1.29 is 14.3 Å². The van der Waals surface area contributed by atoms with Crippen molar-refractivity contribution in [3.63, 3.8) is 0 Å². The van der Waals surface area contributed by atoms with Crippen LogP contribution in [0.4, 0.5) is 0 Å². The van der Waals surface area contributed by atoms with Crippen LogP contribution in [0.2, 0.25) is 0 Å². The lowest BCUT2D eigenvalue weighted by Crippen LogP contribution is -2.47. The van der Waals surface area contributed by atoms with E-state index in [1.807, 2.05) is 25.1 Å². The highest BCUT2D eigenvalue weighted by atomic mass is 16.5. The number of rotatable bonds is 6. The smallest absolute Gasteiger partial charge is 0.329 e. The quantitative estimate of drug-likeness (QED) is 0.728. The van der Waals surface area contributed by atoms with Gasteiger partial charge in [-0.1, -0.05) is 6.07 Å². The average Bonchev–Trinajstić information content (AvgIpc) is 2.42. The molecule has 0 aliphatic rings. The van der Waals surface area contributed by atoms with E-state index in [-0.39, 0.29) is 18.5 Å². The Balaban J connectivity index is 2.56. The molecular weight excluding hydrogens is 246 g/mol. The van der Waals surface area contributed by atoms with E-state index in [0.717, 1.165) is 5.69 Å². The molecule has 0 bridgehead atoms. The molecule has 1 heterocycles. The van der Waals surface area contributed by atoms with Crippen molar-refractivity contribution in [3.05, 3.63) is 30.1 Å². The highest BCUT2D eigenvalue weighted by Crippen LogP contribution is 2.07. The topological polar surface area (TPSA) is 80.3 Å². The zero-order chi connectivity index (χ0) is 14.3. The Morgan fingerprint density at radius 1 is 1.42 bits per heavy atom. The summed E-state index contributed by atoms with van der Waals surface area (Å²) in [7, 11) is 1.29. The highest BCUT2D eigenvalue weighted by Gasteiger charge is 2.20. The summed E-state index contributed by atoms with van der Waals surface area (Å²) < 4.78 is 4.64. The zero-order valence-electron chi connectivity index (χ0n) is 11.3. The van der Waals surface area contributed by atoms with Crippen molar-refractivity contribution in [1.82, 2.24) is 15.6 Å². The Kier molecular flexibility index (Phi) is 5.95. The molecule has 0 aliphatic carbocycles. The molecule has 0 saturated heterocycles. The zero-order valence-corrected chi connectivity index (χ0v) is 11.3. The molecule has 6 heteroatoms. The molecular formula is C13H19N3O3. The van der Waals surface area contributed by atoms with Crippen molar-refractivity contribution in [2.24, 2.45) is 0 Å². The van der Waals surface area contributed by atoms with Gasteiger partial charge in [-0.25, -0.2) is 4.79 Å². The predicted octanol–water partition coefficient (Wildman–Crippen LogP) is 0.410. The molecule has 0 aromatic carbocycles. The minimum absolute atomic E-state index is 0.0258. The first kappa shape index (κ1) is 15.1. The van der Waals surface area contributed by atoms with E-state index < -0.39 is 12.0 Å². The number of esters is 1. The molecule has 1 aromatic rings. The van der Waals surface area contributed by atoms with Gasteiger partial charge in [-0.15, -0.1) is 0 Å². The average molecular weight is 265 g/mol. The monoisotopic (exact) mass is 265 g/mol. The van der Waals surface area contributed by atoms with Gasteiger partial charge in [-0.05, 0) is 19.1 Å². The summed E-state index contributed by atoms with van der Waals surface area (Å²) >= 11 is 0. The second-order valence-electron chi connectivity index (χ2n) is 4.16. The summed E-state index contributed by atoms with van der Waals surface area (Å²) in [6, 6.07) is 4.90. The number of aromatic nitrogens is 1. The van der Waals surface area contributed by atoms with E-state index in [1.165, 1.54) is 14.0 Å². The van der Waals surface area contributed by atoms with E-state index in [9.17, 15) is 9.59 Å². The molecule has 0 radical (unpaired) electrons. The Labute approximate surface area is 112 Å². The Bertz CT molecular complexity index is 422. The largest absolute Gasteiger partial charge is 0.467 e. The number of pyridine rings is 1. The van der Waals surface area contributed by atoms with Crippen LogP contribution < -0.4 is 10.6 Å². The van der Waals surface area contributed by atoms with Gasteiger partial charge in [0.05, 0.1) is 12.8 Å². The second-order valence-corrected chi connectivity index (χ2v) is 4.16. The summed E-state index contributed by atoms with van der Waals surface area (Å²) in [5, 5.41) is 5.68. The van der Waals surface area contributed by atoms with Crippen molar-refractivity contribution >= 4 is 11.9 Å². The summed E-state index contributed by atoms with van der Waals surface area (Å²) in [6.07, 6.45) is 1.71. The molecule has 0 fully saturated rings. The van der Waals surface area contributed by atoms with Crippen LogP contribution in [0.25, 0.3) is 0 Å². The van der Waals surface area contributed by atoms with Gasteiger partial charge in [-0.2, -0.15) is 0 Å². The first-order valence-electron chi connectivity index (χ1n) is 6.03. The lowest BCUT2D eigenvalue weighted by atomic mass is 10.2. The fourth-order valence-electron chi connectivity index (χ4n) is 1.61. The van der Waals surface area contributed by atoms with E-state index >= 15 is 0 Å². The van der Waals surface area contributed by atoms with Crippen LogP contribution in [0, 0.1) is 0 Å². The Morgan fingerprint density at radius 3 is 2.68 bits per heavy atom. The molecule has 2 atom stereocenters. The van der Waals surface area contributed by atoms with Crippen LogP contribution in [0.5, 0.6) is 0 Å². The van der Waals surface area contributed by atoms with Gasteiger partial charge in [0.15, 0.2) is 0 Å². The molecule has 19 heavy (non-hydrogen) atoms. The van der Waals surface area contributed by atoms with Crippen LogP contribution >= 0.6 is 0 Å². The Morgan fingerprint density at radius 2 is 2.16 bits per heavy atom. The molecule has 104 valence electrons. The molecule has 0 aliphatic heterocycles. The van der Waals surface area contributed by atoms with Crippen molar-refractivity contribution in [3.8, 4) is 0 Å². The summed E-state index contributed by atoms with van der Waals surface area (Å²) in [5.41, 5.74) is 0.869. The lowest BCUT2D eigenvalue weighted by Gasteiger charge is -2.19. The van der Waals surface area contributed by atoms with Crippen molar-refractivity contribution in [1.29, 1.82) is 0 Å². The molecule has 6 nitrogen and oxygen atoms in total. The number of ether oxygens (including phenoxy) is 1. The van der Waals surface area contributed by atoms with E-state index in [4.69, 9.17) is 0 Å².